The van der Waals surface area contributed by atoms with Gasteiger partial charge in [0.05, 0.1) is 19.8 Å². The van der Waals surface area contributed by atoms with E-state index < -0.39 is 5.24 Å². The Bertz CT molecular complexity index is 855. The number of esters is 2. The summed E-state index contributed by atoms with van der Waals surface area (Å²) in [5, 5.41) is 28.7. The first-order valence-electron chi connectivity index (χ1n) is 23.3. The van der Waals surface area contributed by atoms with Crippen LogP contribution in [0.2, 0.25) is 0 Å². The van der Waals surface area contributed by atoms with Crippen molar-refractivity contribution in [2.75, 3.05) is 85.4 Å². The fourth-order valence-electron chi connectivity index (χ4n) is 5.44. The van der Waals surface area contributed by atoms with Crippen LogP contribution in [-0.4, -0.2) is 128 Å². The standard InChI is InChI=1S/C19H39NO3.C10H18O2.C8H20N2O.C7H16O.C3H3ClO/c1-4-7-8-9-10-17-23-19(22)12-11-18(14-16-21)13-15-20(5-2)6-3;1-3-5-6-7-8-9-12-10(11)4-2;1-3-10(4-2)7-5-9-6-8-11;1-2-3-4-5-6-7-8;1-2-3(4)5/h18,21H,4-17H2,1-3H3;4H,2-3,5-9H2,1H3;9,11H,3-8H2,1-2H3;8H,2-7H2,1H3;2H,1H2. The molecule has 0 aromatic carbocycles. The number of rotatable bonds is 36. The molecule has 0 aliphatic heterocycles. The number of unbranched alkanes of at least 4 members (excludes halogenated alkanes) is 12. The summed E-state index contributed by atoms with van der Waals surface area (Å²) in [4.78, 5) is 36.6. The summed E-state index contributed by atoms with van der Waals surface area (Å²) in [6.45, 7) is 31.7. The molecule has 4 N–H and O–H groups in total. The van der Waals surface area contributed by atoms with Crippen molar-refractivity contribution in [1.29, 1.82) is 0 Å². The maximum atomic E-state index is 11.8. The van der Waals surface area contributed by atoms with E-state index in [2.05, 4.69) is 76.7 Å². The Morgan fingerprint density at radius 2 is 1.03 bits per heavy atom. The second kappa shape index (κ2) is 60.4. The Kier molecular flexibility index (Phi) is 67.9. The zero-order chi connectivity index (χ0) is 45.6. The Labute approximate surface area is 369 Å². The SMILES string of the molecule is C=CC(=O)Cl.C=CC(=O)OCCCCCCC.CCCCCCCO.CCCCCCCOC(=O)CCC(CCO)CCN(CC)CC.CCN(CC)CCNCCO. The van der Waals surface area contributed by atoms with E-state index in [1.165, 1.54) is 70.3 Å². The van der Waals surface area contributed by atoms with E-state index in [9.17, 15) is 19.5 Å². The zero-order valence-electron chi connectivity index (χ0n) is 39.4. The highest BCUT2D eigenvalue weighted by molar-refractivity contribution is 6.66. The predicted octanol–water partition coefficient (Wildman–Crippen LogP) is 9.49. The van der Waals surface area contributed by atoms with Gasteiger partial charge in [0, 0.05) is 45.3 Å². The van der Waals surface area contributed by atoms with Gasteiger partial charge in [-0.2, -0.15) is 0 Å². The summed E-state index contributed by atoms with van der Waals surface area (Å²) >= 11 is 4.71. The molecule has 0 aliphatic rings. The van der Waals surface area contributed by atoms with Crippen LogP contribution in [-0.2, 0) is 23.9 Å². The molecule has 12 heteroatoms. The molecule has 1 unspecified atom stereocenters. The normalized spacial score (nSPS) is 10.7. The number of aliphatic hydroxyl groups excluding tert-OH is 3. The first-order valence-corrected chi connectivity index (χ1v) is 23.6. The first-order chi connectivity index (χ1) is 28.5. The molecular weight excluding hydrogens is 770 g/mol. The van der Waals surface area contributed by atoms with Crippen molar-refractivity contribution in [1.82, 2.24) is 15.1 Å². The van der Waals surface area contributed by atoms with Gasteiger partial charge in [-0.1, -0.05) is 139 Å². The molecule has 11 nitrogen and oxygen atoms in total. The van der Waals surface area contributed by atoms with Gasteiger partial charge in [0.25, 0.3) is 0 Å². The fraction of sp³-hybridized carbons (Fsp3) is 0.851. The van der Waals surface area contributed by atoms with Gasteiger partial charge >= 0.3 is 11.9 Å². The minimum Gasteiger partial charge on any atom is -0.466 e. The number of carbonyl (C=O) groups is 3. The molecule has 0 saturated carbocycles. The Morgan fingerprint density at radius 3 is 1.44 bits per heavy atom. The number of likely N-dealkylation sites (N-methyl/N-ethyl adjacent to an activating group) is 1. The molecule has 59 heavy (non-hydrogen) atoms. The second-order valence-electron chi connectivity index (χ2n) is 14.3. The molecule has 0 amide bonds. The zero-order valence-corrected chi connectivity index (χ0v) is 40.2. The summed E-state index contributed by atoms with van der Waals surface area (Å²) in [6.07, 6.45) is 23.2. The van der Waals surface area contributed by atoms with E-state index in [4.69, 9.17) is 31.3 Å². The van der Waals surface area contributed by atoms with Crippen LogP contribution < -0.4 is 5.32 Å². The molecule has 0 heterocycles. The van der Waals surface area contributed by atoms with Crippen LogP contribution in [0, 0.1) is 5.92 Å². The molecule has 0 aromatic rings. The summed E-state index contributed by atoms with van der Waals surface area (Å²) in [5.74, 6) is 0.0227. The number of nitrogens with one attached hydrogen (secondary N) is 1. The average molecular weight is 867 g/mol. The number of allylic oxidation sites excluding steroid dienone is 1. The van der Waals surface area contributed by atoms with Gasteiger partial charge in [0.1, 0.15) is 0 Å². The number of ether oxygens (including phenoxy) is 2. The monoisotopic (exact) mass is 866 g/mol. The topological polar surface area (TPSA) is 149 Å². The Balaban J connectivity index is -0.000000228. The molecule has 1 atom stereocenters. The van der Waals surface area contributed by atoms with Crippen LogP contribution in [0.1, 0.15) is 170 Å². The van der Waals surface area contributed by atoms with Crippen molar-refractivity contribution in [3.63, 3.8) is 0 Å². The third-order valence-electron chi connectivity index (χ3n) is 9.42. The van der Waals surface area contributed by atoms with E-state index in [1.54, 1.807) is 0 Å². The minimum absolute atomic E-state index is 0.0775. The van der Waals surface area contributed by atoms with Crippen LogP contribution in [0.4, 0.5) is 0 Å². The van der Waals surface area contributed by atoms with E-state index in [-0.39, 0.29) is 25.2 Å². The third kappa shape index (κ3) is 65.5. The van der Waals surface area contributed by atoms with E-state index in [0.29, 0.717) is 38.7 Å². The smallest absolute Gasteiger partial charge is 0.330 e. The maximum Gasteiger partial charge on any atom is 0.330 e. The number of hydrogen-bond donors (Lipinski definition) is 4. The Morgan fingerprint density at radius 1 is 0.576 bits per heavy atom. The van der Waals surface area contributed by atoms with Gasteiger partial charge in [-0.25, -0.2) is 4.79 Å². The quantitative estimate of drug-likeness (QED) is 0.0207. The van der Waals surface area contributed by atoms with Gasteiger partial charge < -0.3 is 39.9 Å². The molecule has 0 aliphatic carbocycles. The molecule has 0 aromatic heterocycles. The van der Waals surface area contributed by atoms with Crippen molar-refractivity contribution < 1.29 is 39.2 Å². The van der Waals surface area contributed by atoms with Gasteiger partial charge in [-0.3, -0.25) is 9.59 Å². The molecular formula is C47H96ClN3O8. The van der Waals surface area contributed by atoms with E-state index in [0.717, 1.165) is 103 Å². The number of nitrogens with zero attached hydrogens (tertiary/aromatic N) is 2. The number of halogens is 1. The number of hydrogen-bond acceptors (Lipinski definition) is 11. The molecule has 0 bridgehead atoms. The van der Waals surface area contributed by atoms with Crippen molar-refractivity contribution in [2.45, 2.75) is 170 Å². The van der Waals surface area contributed by atoms with Crippen molar-refractivity contribution in [3.8, 4) is 0 Å². The van der Waals surface area contributed by atoms with Crippen molar-refractivity contribution in [3.05, 3.63) is 25.3 Å². The van der Waals surface area contributed by atoms with Gasteiger partial charge in [0.2, 0.25) is 5.24 Å². The highest BCUT2D eigenvalue weighted by atomic mass is 35.5. The number of carbonyl (C=O) groups excluding carboxylic acids is 3. The second-order valence-corrected chi connectivity index (χ2v) is 14.7. The average Bonchev–Trinajstić information content (AvgIpc) is 3.25. The fourth-order valence-corrected chi connectivity index (χ4v) is 5.44. The lowest BCUT2D eigenvalue weighted by Gasteiger charge is -2.22. The third-order valence-corrected chi connectivity index (χ3v) is 9.58. The summed E-state index contributed by atoms with van der Waals surface area (Å²) in [6, 6.07) is 0. The van der Waals surface area contributed by atoms with Crippen LogP contribution in [0.25, 0.3) is 0 Å². The summed E-state index contributed by atoms with van der Waals surface area (Å²) < 4.78 is 10.1. The maximum absolute atomic E-state index is 11.8. The van der Waals surface area contributed by atoms with Crippen LogP contribution >= 0.6 is 11.6 Å². The lowest BCUT2D eigenvalue weighted by atomic mass is 9.96. The van der Waals surface area contributed by atoms with E-state index >= 15 is 0 Å². The highest BCUT2D eigenvalue weighted by Crippen LogP contribution is 2.17. The lowest BCUT2D eigenvalue weighted by Crippen LogP contribution is -2.32. The molecule has 0 rings (SSSR count). The highest BCUT2D eigenvalue weighted by Gasteiger charge is 2.13. The first kappa shape index (κ1) is 66.2. The largest absolute Gasteiger partial charge is 0.466 e. The van der Waals surface area contributed by atoms with E-state index in [1.807, 2.05) is 0 Å². The molecule has 354 valence electrons. The molecule has 0 spiro atoms. The van der Waals surface area contributed by atoms with Gasteiger partial charge in [-0.05, 0) is 94.8 Å². The summed E-state index contributed by atoms with van der Waals surface area (Å²) in [7, 11) is 0. The summed E-state index contributed by atoms with van der Waals surface area (Å²) in [5.41, 5.74) is 0. The van der Waals surface area contributed by atoms with Crippen LogP contribution in [0.3, 0.4) is 0 Å². The minimum atomic E-state index is -0.509. The van der Waals surface area contributed by atoms with Gasteiger partial charge in [-0.15, -0.1) is 0 Å². The van der Waals surface area contributed by atoms with Crippen LogP contribution in [0.15, 0.2) is 25.3 Å². The molecule has 0 radical (unpaired) electrons. The molecule has 0 saturated heterocycles. The molecule has 0 fully saturated rings. The predicted molar refractivity (Wildman–Crippen MR) is 251 cm³/mol. The lowest BCUT2D eigenvalue weighted by molar-refractivity contribution is -0.144. The van der Waals surface area contributed by atoms with Crippen molar-refractivity contribution in [2.24, 2.45) is 5.92 Å². The van der Waals surface area contributed by atoms with Crippen molar-refractivity contribution >= 4 is 28.8 Å². The Hall–Kier alpha value is -1.86. The van der Waals surface area contributed by atoms with Crippen LogP contribution in [0.5, 0.6) is 0 Å². The number of aliphatic hydroxyl groups is 3. The van der Waals surface area contributed by atoms with Gasteiger partial charge in [0.15, 0.2) is 0 Å².